The van der Waals surface area contributed by atoms with Crippen molar-refractivity contribution < 1.29 is 9.90 Å². The molecule has 0 radical (unpaired) electrons. The Bertz CT molecular complexity index is 323. The lowest BCUT2D eigenvalue weighted by Crippen LogP contribution is -2.17. The molecule has 0 amide bonds. The van der Waals surface area contributed by atoms with Crippen LogP contribution in [-0.2, 0) is 4.79 Å². The molecule has 0 aliphatic carbocycles. The van der Waals surface area contributed by atoms with Gasteiger partial charge in [-0.3, -0.25) is 4.79 Å². The molecule has 3 nitrogen and oxygen atoms in total. The first-order chi connectivity index (χ1) is 6.77. The van der Waals surface area contributed by atoms with Gasteiger partial charge < -0.3 is 10.4 Å². The number of hydrogen-bond acceptors (Lipinski definition) is 2. The van der Waals surface area contributed by atoms with Gasteiger partial charge in [-0.1, -0.05) is 30.3 Å². The Morgan fingerprint density at radius 2 is 2.07 bits per heavy atom. The Balaban J connectivity index is 2.06. The van der Waals surface area contributed by atoms with Gasteiger partial charge in [0, 0.05) is 12.6 Å². The highest BCUT2D eigenvalue weighted by Crippen LogP contribution is 2.26. The fraction of sp³-hybridized carbons (Fsp3) is 0.364. The lowest BCUT2D eigenvalue weighted by Gasteiger charge is -2.09. The second kappa shape index (κ2) is 3.80. The van der Waals surface area contributed by atoms with Crippen molar-refractivity contribution in [3.63, 3.8) is 0 Å². The number of aliphatic carboxylic acids is 1. The Labute approximate surface area is 82.8 Å². The summed E-state index contributed by atoms with van der Waals surface area (Å²) >= 11 is 0. The third-order valence-electron chi connectivity index (χ3n) is 2.68. The molecule has 1 aromatic carbocycles. The van der Waals surface area contributed by atoms with Crippen LogP contribution in [0, 0.1) is 5.92 Å². The summed E-state index contributed by atoms with van der Waals surface area (Å²) in [7, 11) is 0. The monoisotopic (exact) mass is 191 g/mol. The molecule has 1 aromatic rings. The molecule has 1 saturated heterocycles. The molecule has 0 bridgehead atoms. The normalized spacial score (nSPS) is 26.3. The number of carboxylic acid groups (broad SMARTS) is 1. The quantitative estimate of drug-likeness (QED) is 0.743. The van der Waals surface area contributed by atoms with Gasteiger partial charge in [0.25, 0.3) is 0 Å². The van der Waals surface area contributed by atoms with Crippen LogP contribution >= 0.6 is 0 Å². The van der Waals surface area contributed by atoms with Crippen molar-refractivity contribution in [3.8, 4) is 0 Å². The van der Waals surface area contributed by atoms with Gasteiger partial charge in [0.15, 0.2) is 0 Å². The molecular weight excluding hydrogens is 178 g/mol. The van der Waals surface area contributed by atoms with Crippen LogP contribution in [0.25, 0.3) is 0 Å². The van der Waals surface area contributed by atoms with Gasteiger partial charge in [0.05, 0.1) is 5.92 Å². The molecule has 1 aliphatic heterocycles. The van der Waals surface area contributed by atoms with Crippen LogP contribution in [0.4, 0.5) is 0 Å². The third-order valence-corrected chi connectivity index (χ3v) is 2.68. The van der Waals surface area contributed by atoms with E-state index < -0.39 is 5.97 Å². The summed E-state index contributed by atoms with van der Waals surface area (Å²) in [5, 5.41) is 12.1. The summed E-state index contributed by atoms with van der Waals surface area (Å²) in [6.45, 7) is 0.578. The van der Waals surface area contributed by atoms with E-state index in [0.29, 0.717) is 13.0 Å². The van der Waals surface area contributed by atoms with Gasteiger partial charge in [-0.05, 0) is 12.0 Å². The van der Waals surface area contributed by atoms with Crippen molar-refractivity contribution in [2.45, 2.75) is 12.5 Å². The van der Waals surface area contributed by atoms with Gasteiger partial charge in [-0.15, -0.1) is 0 Å². The molecule has 14 heavy (non-hydrogen) atoms. The number of carbonyl (C=O) groups is 1. The lowest BCUT2D eigenvalue weighted by atomic mass is 10.0. The number of rotatable bonds is 2. The number of benzene rings is 1. The average Bonchev–Trinajstić information content (AvgIpc) is 2.68. The standard InChI is InChI=1S/C11H13NO2/c13-11(14)9-6-10(12-7-9)8-4-2-1-3-5-8/h1-5,9-10,12H,6-7H2,(H,13,14)/t9-,10-/m0/s1. The molecule has 1 fully saturated rings. The fourth-order valence-corrected chi connectivity index (χ4v) is 1.86. The summed E-state index contributed by atoms with van der Waals surface area (Å²) in [6, 6.07) is 10.2. The van der Waals surface area contributed by atoms with E-state index >= 15 is 0 Å². The van der Waals surface area contributed by atoms with E-state index in [2.05, 4.69) is 5.32 Å². The van der Waals surface area contributed by atoms with Crippen LogP contribution in [0.1, 0.15) is 18.0 Å². The largest absolute Gasteiger partial charge is 0.481 e. The smallest absolute Gasteiger partial charge is 0.307 e. The second-order valence-corrected chi connectivity index (χ2v) is 3.64. The Hall–Kier alpha value is -1.35. The number of hydrogen-bond donors (Lipinski definition) is 2. The molecule has 3 heteroatoms. The van der Waals surface area contributed by atoms with E-state index in [-0.39, 0.29) is 12.0 Å². The maximum atomic E-state index is 10.7. The highest BCUT2D eigenvalue weighted by molar-refractivity contribution is 5.70. The zero-order valence-electron chi connectivity index (χ0n) is 7.81. The average molecular weight is 191 g/mol. The molecule has 0 saturated carbocycles. The molecule has 2 rings (SSSR count). The molecule has 2 N–H and O–H groups in total. The van der Waals surface area contributed by atoms with Crippen molar-refractivity contribution in [2.24, 2.45) is 5.92 Å². The minimum atomic E-state index is -0.698. The fourth-order valence-electron chi connectivity index (χ4n) is 1.86. The topological polar surface area (TPSA) is 49.3 Å². The van der Waals surface area contributed by atoms with E-state index in [1.807, 2.05) is 30.3 Å². The summed E-state index contributed by atoms with van der Waals surface area (Å²) in [5.74, 6) is -0.934. The Morgan fingerprint density at radius 1 is 1.36 bits per heavy atom. The van der Waals surface area contributed by atoms with E-state index in [4.69, 9.17) is 5.11 Å². The number of nitrogens with one attached hydrogen (secondary N) is 1. The summed E-state index contributed by atoms with van der Waals surface area (Å²) < 4.78 is 0. The van der Waals surface area contributed by atoms with Crippen molar-refractivity contribution >= 4 is 5.97 Å². The zero-order chi connectivity index (χ0) is 9.97. The van der Waals surface area contributed by atoms with Crippen molar-refractivity contribution in [1.29, 1.82) is 0 Å². The van der Waals surface area contributed by atoms with Gasteiger partial charge in [-0.25, -0.2) is 0 Å². The van der Waals surface area contributed by atoms with Crippen LogP contribution in [0.2, 0.25) is 0 Å². The van der Waals surface area contributed by atoms with Crippen molar-refractivity contribution in [1.82, 2.24) is 5.32 Å². The Morgan fingerprint density at radius 3 is 2.64 bits per heavy atom. The van der Waals surface area contributed by atoms with E-state index in [1.54, 1.807) is 0 Å². The maximum Gasteiger partial charge on any atom is 0.307 e. The first kappa shape index (κ1) is 9.21. The molecular formula is C11H13NO2. The molecule has 0 aromatic heterocycles. The molecule has 0 unspecified atom stereocenters. The van der Waals surface area contributed by atoms with E-state index in [9.17, 15) is 4.79 Å². The van der Waals surface area contributed by atoms with Crippen molar-refractivity contribution in [3.05, 3.63) is 35.9 Å². The molecule has 0 spiro atoms. The number of carboxylic acids is 1. The predicted molar refractivity (Wildman–Crippen MR) is 52.9 cm³/mol. The van der Waals surface area contributed by atoms with Gasteiger partial charge >= 0.3 is 5.97 Å². The maximum absolute atomic E-state index is 10.7. The minimum absolute atomic E-state index is 0.206. The first-order valence-electron chi connectivity index (χ1n) is 4.78. The SMILES string of the molecule is O=C(O)[C@@H]1CN[C@H](c2ccccc2)C1. The summed E-state index contributed by atoms with van der Waals surface area (Å²) in [6.07, 6.45) is 0.694. The zero-order valence-corrected chi connectivity index (χ0v) is 7.81. The molecule has 74 valence electrons. The van der Waals surface area contributed by atoms with E-state index in [0.717, 1.165) is 0 Å². The predicted octanol–water partition coefficient (Wildman–Crippen LogP) is 1.42. The Kier molecular flexibility index (Phi) is 2.50. The van der Waals surface area contributed by atoms with Crippen molar-refractivity contribution in [2.75, 3.05) is 6.54 Å². The molecule has 1 aliphatic rings. The van der Waals surface area contributed by atoms with Crippen LogP contribution in [0.3, 0.4) is 0 Å². The van der Waals surface area contributed by atoms with Crippen LogP contribution < -0.4 is 5.32 Å². The summed E-state index contributed by atoms with van der Waals surface area (Å²) in [5.41, 5.74) is 1.18. The van der Waals surface area contributed by atoms with Crippen LogP contribution in [-0.4, -0.2) is 17.6 Å². The lowest BCUT2D eigenvalue weighted by molar-refractivity contribution is -0.141. The second-order valence-electron chi connectivity index (χ2n) is 3.64. The summed E-state index contributed by atoms with van der Waals surface area (Å²) in [4.78, 5) is 10.7. The van der Waals surface area contributed by atoms with Gasteiger partial charge in [-0.2, -0.15) is 0 Å². The van der Waals surface area contributed by atoms with Gasteiger partial charge in [0.1, 0.15) is 0 Å². The minimum Gasteiger partial charge on any atom is -0.481 e. The molecule has 2 atom stereocenters. The highest BCUT2D eigenvalue weighted by atomic mass is 16.4. The van der Waals surface area contributed by atoms with E-state index in [1.165, 1.54) is 5.56 Å². The molecule has 1 heterocycles. The first-order valence-corrected chi connectivity index (χ1v) is 4.78. The third kappa shape index (κ3) is 1.77. The van der Waals surface area contributed by atoms with Crippen LogP contribution in [0.15, 0.2) is 30.3 Å². The van der Waals surface area contributed by atoms with Crippen LogP contribution in [0.5, 0.6) is 0 Å². The highest BCUT2D eigenvalue weighted by Gasteiger charge is 2.29. The van der Waals surface area contributed by atoms with Gasteiger partial charge in [0.2, 0.25) is 0 Å².